The van der Waals surface area contributed by atoms with Crippen molar-refractivity contribution in [3.05, 3.63) is 35.9 Å². The Morgan fingerprint density at radius 3 is 2.29 bits per heavy atom. The number of nitrogens with zero attached hydrogens (tertiary/aromatic N) is 1. The van der Waals surface area contributed by atoms with E-state index in [-0.39, 0.29) is 4.75 Å². The predicted octanol–water partition coefficient (Wildman–Crippen LogP) is 3.28. The zero-order valence-electron chi connectivity index (χ0n) is 11.0. The summed E-state index contributed by atoms with van der Waals surface area (Å²) in [6.45, 7) is 8.28. The van der Waals surface area contributed by atoms with Crippen LogP contribution in [0, 0.1) is 0 Å². The summed E-state index contributed by atoms with van der Waals surface area (Å²) in [6, 6.07) is 11.2. The molecule has 3 heteroatoms. The van der Waals surface area contributed by atoms with Gasteiger partial charge in [0, 0.05) is 11.4 Å². The lowest BCUT2D eigenvalue weighted by atomic mass is 10.1. The zero-order chi connectivity index (χ0) is 12.6. The molecule has 0 saturated carbocycles. The fourth-order valence-electron chi connectivity index (χ4n) is 2.22. The molecular weight excluding hydrogens is 230 g/mol. The standard InChI is InChI=1S/C14H21NOS/c1-5-12-13(11-9-7-6-8-10-11)15(12)17(16)14(2,3)4/h6-10,12-13H,5H2,1-4H3/t12-,13+,15?,17?/m1/s1. The summed E-state index contributed by atoms with van der Waals surface area (Å²) >= 11 is -0.905. The van der Waals surface area contributed by atoms with Crippen molar-refractivity contribution in [1.29, 1.82) is 0 Å². The van der Waals surface area contributed by atoms with Gasteiger partial charge >= 0.3 is 0 Å². The van der Waals surface area contributed by atoms with Crippen LogP contribution in [0.4, 0.5) is 0 Å². The van der Waals surface area contributed by atoms with E-state index in [1.807, 2.05) is 26.8 Å². The predicted molar refractivity (Wildman–Crippen MR) is 73.0 cm³/mol. The second-order valence-electron chi connectivity index (χ2n) is 5.55. The molecule has 1 aliphatic rings. The molecular formula is C14H21NOS. The number of benzene rings is 1. The highest BCUT2D eigenvalue weighted by atomic mass is 32.2. The van der Waals surface area contributed by atoms with Crippen LogP contribution < -0.4 is 0 Å². The summed E-state index contributed by atoms with van der Waals surface area (Å²) in [7, 11) is 0. The lowest BCUT2D eigenvalue weighted by Gasteiger charge is -2.24. The molecule has 0 radical (unpaired) electrons. The van der Waals surface area contributed by atoms with Gasteiger partial charge in [0.1, 0.15) is 10.8 Å². The second-order valence-corrected chi connectivity index (χ2v) is 7.70. The minimum atomic E-state index is -0.905. The maximum Gasteiger partial charge on any atom is 0.137 e. The normalized spacial score (nSPS) is 30.1. The van der Waals surface area contributed by atoms with Crippen molar-refractivity contribution in [3.63, 3.8) is 0 Å². The highest BCUT2D eigenvalue weighted by Gasteiger charge is 2.58. The summed E-state index contributed by atoms with van der Waals surface area (Å²) in [5, 5.41) is 0. The van der Waals surface area contributed by atoms with E-state index in [4.69, 9.17) is 0 Å². The first-order chi connectivity index (χ1) is 7.96. The molecule has 0 aliphatic carbocycles. The number of rotatable bonds is 3. The van der Waals surface area contributed by atoms with Crippen LogP contribution in [0.25, 0.3) is 0 Å². The smallest absolute Gasteiger partial charge is 0.137 e. The van der Waals surface area contributed by atoms with E-state index in [9.17, 15) is 4.55 Å². The van der Waals surface area contributed by atoms with Gasteiger partial charge in [-0.1, -0.05) is 37.3 Å². The van der Waals surface area contributed by atoms with Crippen molar-refractivity contribution in [1.82, 2.24) is 4.31 Å². The Morgan fingerprint density at radius 1 is 1.24 bits per heavy atom. The Balaban J connectivity index is 2.16. The van der Waals surface area contributed by atoms with E-state index in [2.05, 4.69) is 35.5 Å². The monoisotopic (exact) mass is 251 g/mol. The van der Waals surface area contributed by atoms with Gasteiger partial charge in [-0.2, -0.15) is 0 Å². The number of hydrogen-bond donors (Lipinski definition) is 0. The minimum absolute atomic E-state index is 0.170. The molecule has 4 atom stereocenters. The molecule has 1 saturated heterocycles. The van der Waals surface area contributed by atoms with Gasteiger partial charge in [-0.3, -0.25) is 0 Å². The Hall–Kier alpha value is -0.510. The highest BCUT2D eigenvalue weighted by molar-refractivity contribution is 7.90. The van der Waals surface area contributed by atoms with Gasteiger partial charge in [-0.25, -0.2) is 0 Å². The molecule has 0 N–H and O–H groups in total. The molecule has 1 aromatic rings. The lowest BCUT2D eigenvalue weighted by molar-refractivity contribution is 0.508. The molecule has 17 heavy (non-hydrogen) atoms. The molecule has 2 unspecified atom stereocenters. The SMILES string of the molecule is CC[C@@H]1[C@H](c2ccccc2)N1[S+]([O-])C(C)(C)C. The van der Waals surface area contributed by atoms with Crippen LogP contribution >= 0.6 is 0 Å². The quantitative estimate of drug-likeness (QED) is 0.608. The van der Waals surface area contributed by atoms with E-state index >= 15 is 0 Å². The van der Waals surface area contributed by atoms with Gasteiger partial charge in [0.15, 0.2) is 0 Å². The van der Waals surface area contributed by atoms with Crippen LogP contribution in [-0.4, -0.2) is 19.6 Å². The van der Waals surface area contributed by atoms with Crippen molar-refractivity contribution in [2.45, 2.75) is 50.9 Å². The van der Waals surface area contributed by atoms with Crippen LogP contribution in [0.5, 0.6) is 0 Å². The summed E-state index contributed by atoms with van der Waals surface area (Å²) in [6.07, 6.45) is 1.06. The molecule has 0 aromatic heterocycles. The maximum atomic E-state index is 12.4. The summed E-state index contributed by atoms with van der Waals surface area (Å²) < 4.78 is 14.4. The van der Waals surface area contributed by atoms with Crippen molar-refractivity contribution in [2.24, 2.45) is 0 Å². The van der Waals surface area contributed by atoms with Crippen molar-refractivity contribution < 1.29 is 4.55 Å². The molecule has 1 aliphatic heterocycles. The topological polar surface area (TPSA) is 26.1 Å². The molecule has 94 valence electrons. The first-order valence-electron chi connectivity index (χ1n) is 6.22. The van der Waals surface area contributed by atoms with E-state index < -0.39 is 11.4 Å². The molecule has 0 spiro atoms. The molecule has 1 aromatic carbocycles. The lowest BCUT2D eigenvalue weighted by Crippen LogP contribution is -2.34. The zero-order valence-corrected chi connectivity index (χ0v) is 11.8. The largest absolute Gasteiger partial charge is 0.597 e. The molecule has 2 rings (SSSR count). The van der Waals surface area contributed by atoms with Crippen molar-refractivity contribution in [2.75, 3.05) is 0 Å². The third-order valence-electron chi connectivity index (χ3n) is 3.15. The molecule has 2 nitrogen and oxygen atoms in total. The maximum absolute atomic E-state index is 12.4. The first kappa shape index (κ1) is 12.9. The highest BCUT2D eigenvalue weighted by Crippen LogP contribution is 2.49. The molecule has 0 amide bonds. The van der Waals surface area contributed by atoms with Crippen LogP contribution in [0.3, 0.4) is 0 Å². The number of hydrogen-bond acceptors (Lipinski definition) is 2. The first-order valence-corrected chi connectivity index (χ1v) is 7.32. The van der Waals surface area contributed by atoms with E-state index in [1.54, 1.807) is 0 Å². The summed E-state index contributed by atoms with van der Waals surface area (Å²) in [4.78, 5) is 0. The van der Waals surface area contributed by atoms with Crippen LogP contribution in [0.1, 0.15) is 45.7 Å². The van der Waals surface area contributed by atoms with Gasteiger partial charge in [0.05, 0.1) is 6.04 Å². The van der Waals surface area contributed by atoms with E-state index in [0.717, 1.165) is 6.42 Å². The Bertz CT molecular complexity index is 374. The third-order valence-corrected chi connectivity index (χ3v) is 5.08. The van der Waals surface area contributed by atoms with Crippen LogP contribution in [-0.2, 0) is 11.4 Å². The molecule has 1 fully saturated rings. The average molecular weight is 251 g/mol. The molecule has 1 heterocycles. The van der Waals surface area contributed by atoms with Gasteiger partial charge in [-0.05, 0) is 32.8 Å². The van der Waals surface area contributed by atoms with Gasteiger partial charge in [0.2, 0.25) is 0 Å². The fraction of sp³-hybridized carbons (Fsp3) is 0.571. The fourth-order valence-corrected chi connectivity index (χ4v) is 3.78. The summed E-state index contributed by atoms with van der Waals surface area (Å²) in [5.74, 6) is 0. The van der Waals surface area contributed by atoms with Gasteiger partial charge < -0.3 is 4.55 Å². The van der Waals surface area contributed by atoms with Crippen molar-refractivity contribution in [3.8, 4) is 0 Å². The van der Waals surface area contributed by atoms with Crippen LogP contribution in [0.2, 0.25) is 0 Å². The van der Waals surface area contributed by atoms with E-state index in [0.29, 0.717) is 12.1 Å². The van der Waals surface area contributed by atoms with E-state index in [1.165, 1.54) is 5.56 Å². The summed E-state index contributed by atoms with van der Waals surface area (Å²) in [5.41, 5.74) is 1.29. The second kappa shape index (κ2) is 4.63. The van der Waals surface area contributed by atoms with Crippen molar-refractivity contribution >= 4 is 11.4 Å². The molecule has 0 bridgehead atoms. The Kier molecular flexibility index (Phi) is 3.53. The average Bonchev–Trinajstić information content (AvgIpc) is 3.02. The van der Waals surface area contributed by atoms with Gasteiger partial charge in [0.25, 0.3) is 0 Å². The third kappa shape index (κ3) is 2.51. The van der Waals surface area contributed by atoms with Crippen LogP contribution in [0.15, 0.2) is 30.3 Å². The minimum Gasteiger partial charge on any atom is -0.597 e. The Morgan fingerprint density at radius 2 is 1.82 bits per heavy atom. The Labute approximate surface area is 107 Å². The van der Waals surface area contributed by atoms with Gasteiger partial charge in [-0.15, -0.1) is 4.31 Å².